The smallest absolute Gasteiger partial charge is 0.228 e. The number of benzene rings is 1. The monoisotopic (exact) mass is 341 g/mol. The van der Waals surface area contributed by atoms with Gasteiger partial charge in [-0.15, -0.1) is 0 Å². The normalized spacial score (nSPS) is 21.1. The van der Waals surface area contributed by atoms with E-state index in [1.54, 1.807) is 0 Å². The third kappa shape index (κ3) is 3.71. The van der Waals surface area contributed by atoms with Crippen LogP contribution in [0.4, 0.5) is 5.69 Å². The molecule has 0 unspecified atom stereocenters. The molecule has 2 aliphatic heterocycles. The zero-order chi connectivity index (χ0) is 17.2. The van der Waals surface area contributed by atoms with Gasteiger partial charge in [0.05, 0.1) is 0 Å². The van der Waals surface area contributed by atoms with Crippen LogP contribution >= 0.6 is 0 Å². The van der Waals surface area contributed by atoms with Crippen LogP contribution in [-0.2, 0) is 16.0 Å². The maximum Gasteiger partial charge on any atom is 0.228 e. The summed E-state index contributed by atoms with van der Waals surface area (Å²) in [7, 11) is 0. The van der Waals surface area contributed by atoms with Gasteiger partial charge in [-0.3, -0.25) is 14.5 Å². The van der Waals surface area contributed by atoms with Crippen LogP contribution in [0.1, 0.15) is 31.2 Å². The van der Waals surface area contributed by atoms with Crippen molar-refractivity contribution in [3.63, 3.8) is 0 Å². The Kier molecular flexibility index (Phi) is 4.75. The van der Waals surface area contributed by atoms with Gasteiger partial charge in [-0.2, -0.15) is 0 Å². The third-order valence-electron chi connectivity index (χ3n) is 5.66. The van der Waals surface area contributed by atoms with Gasteiger partial charge < -0.3 is 9.80 Å². The molecule has 1 saturated carbocycles. The average molecular weight is 341 g/mol. The van der Waals surface area contributed by atoms with Crippen molar-refractivity contribution in [1.29, 1.82) is 0 Å². The molecule has 0 aromatic heterocycles. The molecule has 25 heavy (non-hydrogen) atoms. The zero-order valence-electron chi connectivity index (χ0n) is 14.8. The average Bonchev–Trinajstić information content (AvgIpc) is 3.51. The number of para-hydroxylation sites is 1. The first-order valence-corrected chi connectivity index (χ1v) is 9.62. The molecule has 134 valence electrons. The maximum atomic E-state index is 12.7. The lowest BCUT2D eigenvalue weighted by atomic mass is 10.0. The van der Waals surface area contributed by atoms with Crippen molar-refractivity contribution in [3.05, 3.63) is 29.8 Å². The van der Waals surface area contributed by atoms with E-state index in [-0.39, 0.29) is 5.91 Å². The van der Waals surface area contributed by atoms with Crippen LogP contribution in [0.25, 0.3) is 0 Å². The van der Waals surface area contributed by atoms with Gasteiger partial charge in [-0.05, 0) is 37.3 Å². The van der Waals surface area contributed by atoms with E-state index in [0.717, 1.165) is 70.6 Å². The van der Waals surface area contributed by atoms with Gasteiger partial charge in [0.15, 0.2) is 0 Å². The second kappa shape index (κ2) is 7.16. The molecule has 5 nitrogen and oxygen atoms in total. The van der Waals surface area contributed by atoms with Gasteiger partial charge in [-0.1, -0.05) is 18.2 Å². The van der Waals surface area contributed by atoms with Crippen molar-refractivity contribution in [2.75, 3.05) is 44.2 Å². The van der Waals surface area contributed by atoms with E-state index in [9.17, 15) is 9.59 Å². The Morgan fingerprint density at radius 1 is 1.00 bits per heavy atom. The summed E-state index contributed by atoms with van der Waals surface area (Å²) in [5.74, 6) is 0.886. The molecule has 0 spiro atoms. The van der Waals surface area contributed by atoms with Crippen molar-refractivity contribution in [2.24, 2.45) is 5.92 Å². The summed E-state index contributed by atoms with van der Waals surface area (Å²) in [5.41, 5.74) is 2.38. The van der Waals surface area contributed by atoms with E-state index in [1.807, 2.05) is 15.9 Å². The molecule has 0 radical (unpaired) electrons. The van der Waals surface area contributed by atoms with Crippen molar-refractivity contribution < 1.29 is 9.59 Å². The fraction of sp³-hybridized carbons (Fsp3) is 0.600. The molecule has 4 rings (SSSR count). The van der Waals surface area contributed by atoms with Gasteiger partial charge in [0.25, 0.3) is 0 Å². The van der Waals surface area contributed by atoms with Gasteiger partial charge >= 0.3 is 0 Å². The number of hydrogen-bond acceptors (Lipinski definition) is 3. The molecule has 1 aromatic carbocycles. The SMILES string of the molecule is O=C(C1CC1)N1CCN(CCC(=O)N2CCCc3ccccc32)CC1. The number of carbonyl (C=O) groups excluding carboxylic acids is 2. The Labute approximate surface area is 149 Å². The number of aryl methyl sites for hydroxylation is 1. The summed E-state index contributed by atoms with van der Waals surface area (Å²) < 4.78 is 0. The zero-order valence-corrected chi connectivity index (χ0v) is 14.8. The van der Waals surface area contributed by atoms with Crippen molar-refractivity contribution in [1.82, 2.24) is 9.80 Å². The predicted octanol–water partition coefficient (Wildman–Crippen LogP) is 1.91. The maximum absolute atomic E-state index is 12.7. The largest absolute Gasteiger partial charge is 0.340 e. The molecule has 2 amide bonds. The highest BCUT2D eigenvalue weighted by Crippen LogP contribution is 2.31. The third-order valence-corrected chi connectivity index (χ3v) is 5.66. The highest BCUT2D eigenvalue weighted by molar-refractivity contribution is 5.94. The molecule has 3 aliphatic rings. The van der Waals surface area contributed by atoms with Gasteiger partial charge in [0.2, 0.25) is 11.8 Å². The van der Waals surface area contributed by atoms with Gasteiger partial charge in [0.1, 0.15) is 0 Å². The van der Waals surface area contributed by atoms with Crippen molar-refractivity contribution in [3.8, 4) is 0 Å². The van der Waals surface area contributed by atoms with Crippen LogP contribution in [-0.4, -0.2) is 60.9 Å². The molecule has 0 bridgehead atoms. The Hall–Kier alpha value is -1.88. The molecular weight excluding hydrogens is 314 g/mol. The highest BCUT2D eigenvalue weighted by atomic mass is 16.2. The minimum Gasteiger partial charge on any atom is -0.340 e. The van der Waals surface area contributed by atoms with Crippen LogP contribution in [0.5, 0.6) is 0 Å². The van der Waals surface area contributed by atoms with Crippen molar-refractivity contribution >= 4 is 17.5 Å². The Morgan fingerprint density at radius 2 is 1.76 bits per heavy atom. The number of carbonyl (C=O) groups is 2. The summed E-state index contributed by atoms with van der Waals surface area (Å²) in [4.78, 5) is 31.1. The fourth-order valence-electron chi connectivity index (χ4n) is 3.96. The van der Waals surface area contributed by atoms with Gasteiger partial charge in [0, 0.05) is 57.3 Å². The van der Waals surface area contributed by atoms with E-state index in [1.165, 1.54) is 5.56 Å². The molecule has 1 aliphatic carbocycles. The lowest BCUT2D eigenvalue weighted by Crippen LogP contribution is -2.50. The van der Waals surface area contributed by atoms with E-state index in [4.69, 9.17) is 0 Å². The number of amides is 2. The standard InChI is InChI=1S/C20H27N3O2/c24-19(23-10-3-5-16-4-1-2-6-18(16)23)9-11-21-12-14-22(15-13-21)20(25)17-7-8-17/h1-2,4,6,17H,3,5,7-15H2. The second-order valence-corrected chi connectivity index (χ2v) is 7.47. The van der Waals surface area contributed by atoms with Gasteiger partial charge in [-0.25, -0.2) is 0 Å². The number of fused-ring (bicyclic) bond motifs is 1. The second-order valence-electron chi connectivity index (χ2n) is 7.47. The van der Waals surface area contributed by atoms with E-state index < -0.39 is 0 Å². The molecule has 0 atom stereocenters. The topological polar surface area (TPSA) is 43.9 Å². The quantitative estimate of drug-likeness (QED) is 0.840. The van der Waals surface area contributed by atoms with Crippen LogP contribution in [0, 0.1) is 5.92 Å². The minimum atomic E-state index is 0.226. The summed E-state index contributed by atoms with van der Waals surface area (Å²) in [6, 6.07) is 8.26. The van der Waals surface area contributed by atoms with Crippen LogP contribution in [0.15, 0.2) is 24.3 Å². The Morgan fingerprint density at radius 3 is 2.52 bits per heavy atom. The number of hydrogen-bond donors (Lipinski definition) is 0. The molecule has 2 fully saturated rings. The Balaban J connectivity index is 1.26. The predicted molar refractivity (Wildman–Crippen MR) is 97.5 cm³/mol. The van der Waals surface area contributed by atoms with Crippen LogP contribution in [0.3, 0.4) is 0 Å². The first kappa shape index (κ1) is 16.6. The summed E-state index contributed by atoms with van der Waals surface area (Å²) in [6.07, 6.45) is 4.82. The van der Waals surface area contributed by atoms with E-state index in [0.29, 0.717) is 18.2 Å². The number of anilines is 1. The first-order valence-electron chi connectivity index (χ1n) is 9.62. The number of piperazine rings is 1. The Bertz CT molecular complexity index is 648. The molecular formula is C20H27N3O2. The van der Waals surface area contributed by atoms with Crippen LogP contribution in [0.2, 0.25) is 0 Å². The minimum absolute atomic E-state index is 0.226. The fourth-order valence-corrected chi connectivity index (χ4v) is 3.96. The summed E-state index contributed by atoms with van der Waals surface area (Å²) in [5, 5.41) is 0. The molecule has 2 heterocycles. The summed E-state index contributed by atoms with van der Waals surface area (Å²) >= 11 is 0. The lowest BCUT2D eigenvalue weighted by molar-refractivity contribution is -0.134. The highest BCUT2D eigenvalue weighted by Gasteiger charge is 2.34. The molecule has 0 N–H and O–H groups in total. The first-order chi connectivity index (χ1) is 12.2. The molecule has 5 heteroatoms. The number of rotatable bonds is 4. The van der Waals surface area contributed by atoms with E-state index in [2.05, 4.69) is 23.1 Å². The lowest BCUT2D eigenvalue weighted by Gasteiger charge is -2.35. The molecule has 1 saturated heterocycles. The number of nitrogens with zero attached hydrogens (tertiary/aromatic N) is 3. The van der Waals surface area contributed by atoms with Crippen LogP contribution < -0.4 is 4.90 Å². The summed E-state index contributed by atoms with van der Waals surface area (Å²) in [6.45, 7) is 5.04. The molecule has 1 aromatic rings. The van der Waals surface area contributed by atoms with Crippen molar-refractivity contribution in [2.45, 2.75) is 32.1 Å². The van der Waals surface area contributed by atoms with E-state index >= 15 is 0 Å².